The molecule has 17 heavy (non-hydrogen) atoms. The number of thiophene rings is 1. The van der Waals surface area contributed by atoms with E-state index >= 15 is 0 Å². The Kier molecular flexibility index (Phi) is 5.92. The van der Waals surface area contributed by atoms with Gasteiger partial charge in [0.25, 0.3) is 0 Å². The standard InChI is InChI=1S/C10H15BrClNO2S2/c1-7(2)5-8(11)6-13-17(14,15)10-4-3-9(12)16-10/h3-4,7-8,13H,5-6H2,1-2H3. The third-order valence-electron chi connectivity index (χ3n) is 2.04. The van der Waals surface area contributed by atoms with Crippen LogP contribution >= 0.6 is 38.9 Å². The molecule has 1 N–H and O–H groups in total. The van der Waals surface area contributed by atoms with Gasteiger partial charge in [0, 0.05) is 11.4 Å². The predicted molar refractivity (Wildman–Crippen MR) is 76.7 cm³/mol. The number of hydrogen-bond acceptors (Lipinski definition) is 3. The first-order valence-electron chi connectivity index (χ1n) is 5.20. The highest BCUT2D eigenvalue weighted by atomic mass is 79.9. The largest absolute Gasteiger partial charge is 0.250 e. The summed E-state index contributed by atoms with van der Waals surface area (Å²) in [5, 5.41) is 0. The lowest BCUT2D eigenvalue weighted by Crippen LogP contribution is -2.29. The quantitative estimate of drug-likeness (QED) is 0.789. The first-order chi connectivity index (χ1) is 7.81. The molecule has 0 saturated carbocycles. The van der Waals surface area contributed by atoms with Gasteiger partial charge in [0.15, 0.2) is 0 Å². The Bertz CT molecular complexity index is 459. The Hall–Kier alpha value is 0.380. The molecule has 1 unspecified atom stereocenters. The summed E-state index contributed by atoms with van der Waals surface area (Å²) in [7, 11) is -3.42. The lowest BCUT2D eigenvalue weighted by atomic mass is 10.1. The van der Waals surface area contributed by atoms with E-state index in [2.05, 4.69) is 34.5 Å². The SMILES string of the molecule is CC(C)CC(Br)CNS(=O)(=O)c1ccc(Cl)s1. The second-order valence-electron chi connectivity index (χ2n) is 4.14. The van der Waals surface area contributed by atoms with Crippen LogP contribution in [0.4, 0.5) is 0 Å². The van der Waals surface area contributed by atoms with Gasteiger partial charge in [-0.15, -0.1) is 11.3 Å². The molecule has 1 aromatic rings. The molecular weight excluding hydrogens is 346 g/mol. The molecule has 0 aromatic carbocycles. The van der Waals surface area contributed by atoms with Crippen molar-refractivity contribution in [3.05, 3.63) is 16.5 Å². The highest BCUT2D eigenvalue weighted by Gasteiger charge is 2.18. The second-order valence-corrected chi connectivity index (χ2v) is 9.14. The fourth-order valence-electron chi connectivity index (χ4n) is 1.31. The summed E-state index contributed by atoms with van der Waals surface area (Å²) >= 11 is 10.2. The van der Waals surface area contributed by atoms with Crippen LogP contribution in [0.3, 0.4) is 0 Å². The van der Waals surface area contributed by atoms with Gasteiger partial charge in [-0.05, 0) is 24.5 Å². The van der Waals surface area contributed by atoms with E-state index in [9.17, 15) is 8.42 Å². The molecule has 98 valence electrons. The Labute approximate surface area is 120 Å². The molecule has 0 aliphatic rings. The zero-order chi connectivity index (χ0) is 13.1. The molecular formula is C10H15BrClNO2S2. The molecule has 0 aliphatic carbocycles. The Balaban J connectivity index is 2.56. The fraction of sp³-hybridized carbons (Fsp3) is 0.600. The second kappa shape index (κ2) is 6.52. The van der Waals surface area contributed by atoms with E-state index in [-0.39, 0.29) is 9.04 Å². The van der Waals surface area contributed by atoms with Crippen molar-refractivity contribution in [3.63, 3.8) is 0 Å². The molecule has 1 atom stereocenters. The van der Waals surface area contributed by atoms with Gasteiger partial charge in [-0.1, -0.05) is 41.4 Å². The minimum Gasteiger partial charge on any atom is -0.209 e. The number of sulfonamides is 1. The monoisotopic (exact) mass is 359 g/mol. The molecule has 1 aromatic heterocycles. The van der Waals surface area contributed by atoms with Crippen LogP contribution in [0.25, 0.3) is 0 Å². The number of hydrogen-bond donors (Lipinski definition) is 1. The fourth-order valence-corrected chi connectivity index (χ4v) is 5.04. The van der Waals surface area contributed by atoms with Crippen molar-refractivity contribution in [1.82, 2.24) is 4.72 Å². The maximum absolute atomic E-state index is 11.9. The van der Waals surface area contributed by atoms with Crippen LogP contribution in [0.15, 0.2) is 16.3 Å². The van der Waals surface area contributed by atoms with Crippen LogP contribution in [-0.4, -0.2) is 19.8 Å². The first-order valence-corrected chi connectivity index (χ1v) is 8.79. The predicted octanol–water partition coefficient (Wildman–Crippen LogP) is 3.49. The molecule has 1 rings (SSSR count). The van der Waals surface area contributed by atoms with Crippen LogP contribution in [0.5, 0.6) is 0 Å². The minimum absolute atomic E-state index is 0.146. The molecule has 0 aliphatic heterocycles. The molecule has 0 spiro atoms. The highest BCUT2D eigenvalue weighted by Crippen LogP contribution is 2.25. The van der Waals surface area contributed by atoms with Gasteiger partial charge >= 0.3 is 0 Å². The lowest BCUT2D eigenvalue weighted by molar-refractivity contribution is 0.552. The summed E-state index contributed by atoms with van der Waals surface area (Å²) in [6.45, 7) is 4.58. The number of alkyl halides is 1. The van der Waals surface area contributed by atoms with Crippen molar-refractivity contribution in [2.45, 2.75) is 29.3 Å². The van der Waals surface area contributed by atoms with Gasteiger partial charge in [-0.25, -0.2) is 13.1 Å². The van der Waals surface area contributed by atoms with E-state index < -0.39 is 10.0 Å². The molecule has 0 saturated heterocycles. The minimum atomic E-state index is -3.42. The van der Waals surface area contributed by atoms with Gasteiger partial charge in [-0.2, -0.15) is 0 Å². The van der Waals surface area contributed by atoms with Crippen molar-refractivity contribution in [1.29, 1.82) is 0 Å². The van der Waals surface area contributed by atoms with E-state index in [0.29, 0.717) is 16.8 Å². The summed E-state index contributed by atoms with van der Waals surface area (Å²) in [6.07, 6.45) is 0.924. The van der Waals surface area contributed by atoms with E-state index in [0.717, 1.165) is 17.8 Å². The third-order valence-corrected chi connectivity index (χ3v) is 5.88. The number of halogens is 2. The van der Waals surface area contributed by atoms with Crippen LogP contribution in [-0.2, 0) is 10.0 Å². The van der Waals surface area contributed by atoms with Crippen LogP contribution in [0.2, 0.25) is 4.34 Å². The summed E-state index contributed by atoms with van der Waals surface area (Å²) in [5.41, 5.74) is 0. The zero-order valence-electron chi connectivity index (χ0n) is 9.61. The summed E-state index contributed by atoms with van der Waals surface area (Å²) in [6, 6.07) is 3.10. The Morgan fingerprint density at radius 1 is 1.47 bits per heavy atom. The number of rotatable bonds is 6. The molecule has 0 amide bonds. The maximum Gasteiger partial charge on any atom is 0.250 e. The van der Waals surface area contributed by atoms with Gasteiger partial charge < -0.3 is 0 Å². The maximum atomic E-state index is 11.9. The van der Waals surface area contributed by atoms with Crippen LogP contribution < -0.4 is 4.72 Å². The zero-order valence-corrected chi connectivity index (χ0v) is 13.6. The first kappa shape index (κ1) is 15.4. The molecule has 7 heteroatoms. The molecule has 0 fully saturated rings. The van der Waals surface area contributed by atoms with Gasteiger partial charge in [0.2, 0.25) is 10.0 Å². The lowest BCUT2D eigenvalue weighted by Gasteiger charge is -2.12. The van der Waals surface area contributed by atoms with E-state index in [4.69, 9.17) is 11.6 Å². The average Bonchev–Trinajstić information content (AvgIpc) is 2.62. The van der Waals surface area contributed by atoms with Crippen molar-refractivity contribution in [2.75, 3.05) is 6.54 Å². The van der Waals surface area contributed by atoms with E-state index in [1.54, 1.807) is 6.07 Å². The molecule has 0 radical (unpaired) electrons. The number of nitrogens with one attached hydrogen (secondary N) is 1. The van der Waals surface area contributed by atoms with Crippen LogP contribution in [0, 0.1) is 5.92 Å². The van der Waals surface area contributed by atoms with Gasteiger partial charge in [0.05, 0.1) is 4.34 Å². The normalized spacial score (nSPS) is 14.2. The third kappa shape index (κ3) is 5.26. The topological polar surface area (TPSA) is 46.2 Å². The summed E-state index contributed by atoms with van der Waals surface area (Å²) in [5.74, 6) is 0.528. The smallest absolute Gasteiger partial charge is 0.209 e. The Morgan fingerprint density at radius 3 is 2.59 bits per heavy atom. The molecule has 3 nitrogen and oxygen atoms in total. The van der Waals surface area contributed by atoms with Crippen molar-refractivity contribution >= 4 is 48.9 Å². The van der Waals surface area contributed by atoms with Gasteiger partial charge in [-0.3, -0.25) is 0 Å². The molecule has 1 heterocycles. The van der Waals surface area contributed by atoms with E-state index in [1.807, 2.05) is 0 Å². The summed E-state index contributed by atoms with van der Waals surface area (Å²) in [4.78, 5) is 0.146. The highest BCUT2D eigenvalue weighted by molar-refractivity contribution is 9.09. The van der Waals surface area contributed by atoms with E-state index in [1.165, 1.54) is 6.07 Å². The average molecular weight is 361 g/mol. The van der Waals surface area contributed by atoms with Crippen LogP contribution in [0.1, 0.15) is 20.3 Å². The van der Waals surface area contributed by atoms with Crippen molar-refractivity contribution < 1.29 is 8.42 Å². The van der Waals surface area contributed by atoms with Crippen molar-refractivity contribution in [3.8, 4) is 0 Å². The Morgan fingerprint density at radius 2 is 2.12 bits per heavy atom. The molecule has 0 bridgehead atoms. The summed E-state index contributed by atoms with van der Waals surface area (Å²) < 4.78 is 27.0. The van der Waals surface area contributed by atoms with Gasteiger partial charge in [0.1, 0.15) is 4.21 Å². The van der Waals surface area contributed by atoms with Crippen molar-refractivity contribution in [2.24, 2.45) is 5.92 Å².